The molecule has 2 saturated carbocycles. The number of nitrogens with one attached hydrogen (secondary N) is 1. The molecule has 0 bridgehead atoms. The van der Waals surface area contributed by atoms with E-state index in [1.54, 1.807) is 11.8 Å². The van der Waals surface area contributed by atoms with Crippen LogP contribution in [0.1, 0.15) is 93.5 Å². The van der Waals surface area contributed by atoms with E-state index in [0.717, 1.165) is 47.6 Å². The van der Waals surface area contributed by atoms with Gasteiger partial charge in [-0.3, -0.25) is 9.59 Å². The first-order chi connectivity index (χ1) is 16.7. The molecule has 2 aliphatic carbocycles. The minimum absolute atomic E-state index is 0.00467. The van der Waals surface area contributed by atoms with Crippen LogP contribution in [0.2, 0.25) is 0 Å². The molecule has 7 nitrogen and oxygen atoms in total. The van der Waals surface area contributed by atoms with Gasteiger partial charge in [0.15, 0.2) is 0 Å². The summed E-state index contributed by atoms with van der Waals surface area (Å²) in [6, 6.07) is 6.49. The molecule has 188 valence electrons. The molecule has 0 radical (unpaired) electrons. The Morgan fingerprint density at radius 2 is 1.80 bits per heavy atom. The summed E-state index contributed by atoms with van der Waals surface area (Å²) in [6.45, 7) is 11.2. The lowest BCUT2D eigenvalue weighted by molar-refractivity contribution is -0.128. The molecule has 1 N–H and O–H groups in total. The van der Waals surface area contributed by atoms with E-state index in [9.17, 15) is 9.59 Å². The van der Waals surface area contributed by atoms with Crippen LogP contribution < -0.4 is 5.32 Å². The molecule has 2 heterocycles. The normalized spacial score (nSPS) is 26.2. The second-order valence-electron chi connectivity index (χ2n) is 11.6. The Balaban J connectivity index is 1.40. The number of hydrogen-bond donors (Lipinski definition) is 1. The van der Waals surface area contributed by atoms with E-state index in [-0.39, 0.29) is 23.7 Å². The number of anilines is 1. The Labute approximate surface area is 208 Å². The summed E-state index contributed by atoms with van der Waals surface area (Å²) in [7, 11) is 0. The molecule has 1 aromatic heterocycles. The first-order valence-corrected chi connectivity index (χ1v) is 13.3. The fourth-order valence-electron chi connectivity index (χ4n) is 6.13. The van der Waals surface area contributed by atoms with Crippen molar-refractivity contribution in [2.75, 3.05) is 18.4 Å². The second kappa shape index (κ2) is 9.40. The van der Waals surface area contributed by atoms with Crippen LogP contribution in [-0.4, -0.2) is 44.6 Å². The number of carbonyl (C=O) groups is 2. The zero-order valence-corrected chi connectivity index (χ0v) is 21.8. The monoisotopic (exact) mass is 477 g/mol. The average Bonchev–Trinajstić information content (AvgIpc) is 3.35. The molecule has 35 heavy (non-hydrogen) atoms. The Hall–Kier alpha value is -2.70. The van der Waals surface area contributed by atoms with Crippen molar-refractivity contribution < 1.29 is 9.59 Å². The van der Waals surface area contributed by atoms with E-state index in [2.05, 4.69) is 29.8 Å². The van der Waals surface area contributed by atoms with Crippen molar-refractivity contribution in [3.05, 3.63) is 41.0 Å². The van der Waals surface area contributed by atoms with Crippen LogP contribution in [0.4, 0.5) is 5.69 Å². The van der Waals surface area contributed by atoms with Crippen molar-refractivity contribution in [1.82, 2.24) is 19.7 Å². The van der Waals surface area contributed by atoms with Crippen LogP contribution in [-0.2, 0) is 9.59 Å². The SMILES string of the molecule is CC(=O)N1CC(c2nnc([C@H]3C[C@@H](CC(C)C)C3)n2C2CC2)[C@H](C(=O)Nc2ccc(C)cc2C)C1. The zero-order chi connectivity index (χ0) is 24.9. The third-order valence-corrected chi connectivity index (χ3v) is 8.14. The fourth-order valence-corrected chi connectivity index (χ4v) is 6.13. The minimum Gasteiger partial charge on any atom is -0.341 e. The molecule has 2 aromatic rings. The first-order valence-electron chi connectivity index (χ1n) is 13.3. The Bertz CT molecular complexity index is 1110. The van der Waals surface area contributed by atoms with Crippen LogP contribution >= 0.6 is 0 Å². The number of benzene rings is 1. The van der Waals surface area contributed by atoms with Gasteiger partial charge in [0.1, 0.15) is 11.6 Å². The Kier molecular flexibility index (Phi) is 6.45. The lowest BCUT2D eigenvalue weighted by atomic mass is 9.71. The Morgan fingerprint density at radius 3 is 2.43 bits per heavy atom. The lowest BCUT2D eigenvalue weighted by Crippen LogP contribution is -2.31. The Morgan fingerprint density at radius 1 is 1.09 bits per heavy atom. The van der Waals surface area contributed by atoms with Gasteiger partial charge in [-0.2, -0.15) is 0 Å². The highest BCUT2D eigenvalue weighted by Gasteiger charge is 2.45. The number of likely N-dealkylation sites (tertiary alicyclic amines) is 1. The predicted octanol–water partition coefficient (Wildman–Crippen LogP) is 4.97. The van der Waals surface area contributed by atoms with Gasteiger partial charge in [0.25, 0.3) is 0 Å². The number of rotatable bonds is 7. The molecular weight excluding hydrogens is 438 g/mol. The highest BCUT2D eigenvalue weighted by Crippen LogP contribution is 2.48. The summed E-state index contributed by atoms with van der Waals surface area (Å²) in [5, 5.41) is 12.6. The van der Waals surface area contributed by atoms with Crippen LogP contribution in [0.5, 0.6) is 0 Å². The van der Waals surface area contributed by atoms with Gasteiger partial charge in [-0.05, 0) is 69.4 Å². The van der Waals surface area contributed by atoms with Crippen molar-refractivity contribution in [2.45, 2.75) is 84.6 Å². The highest BCUT2D eigenvalue weighted by molar-refractivity contribution is 5.94. The number of nitrogens with zero attached hydrogens (tertiary/aromatic N) is 4. The minimum atomic E-state index is -0.343. The molecule has 3 aliphatic rings. The highest BCUT2D eigenvalue weighted by atomic mass is 16.2. The summed E-state index contributed by atoms with van der Waals surface area (Å²) in [6.07, 6.45) is 5.93. The molecule has 1 aromatic carbocycles. The van der Waals surface area contributed by atoms with Gasteiger partial charge in [-0.1, -0.05) is 31.5 Å². The fraction of sp³-hybridized carbons (Fsp3) is 0.643. The van der Waals surface area contributed by atoms with Crippen LogP contribution in [0.3, 0.4) is 0 Å². The van der Waals surface area contributed by atoms with E-state index in [1.165, 1.54) is 24.8 Å². The molecule has 3 fully saturated rings. The van der Waals surface area contributed by atoms with E-state index >= 15 is 0 Å². The quantitative estimate of drug-likeness (QED) is 0.611. The maximum absolute atomic E-state index is 13.5. The van der Waals surface area contributed by atoms with Gasteiger partial charge in [0.2, 0.25) is 11.8 Å². The summed E-state index contributed by atoms with van der Waals surface area (Å²) < 4.78 is 2.36. The predicted molar refractivity (Wildman–Crippen MR) is 136 cm³/mol. The van der Waals surface area contributed by atoms with Crippen LogP contribution in [0.25, 0.3) is 0 Å². The molecule has 2 atom stereocenters. The van der Waals surface area contributed by atoms with Gasteiger partial charge in [-0.25, -0.2) is 0 Å². The molecular formula is C28H39N5O2. The smallest absolute Gasteiger partial charge is 0.230 e. The third-order valence-electron chi connectivity index (χ3n) is 8.14. The van der Waals surface area contributed by atoms with Gasteiger partial charge in [0, 0.05) is 37.7 Å². The van der Waals surface area contributed by atoms with E-state index in [1.807, 2.05) is 26.0 Å². The van der Waals surface area contributed by atoms with Gasteiger partial charge >= 0.3 is 0 Å². The largest absolute Gasteiger partial charge is 0.341 e. The third kappa shape index (κ3) is 4.87. The van der Waals surface area contributed by atoms with E-state index < -0.39 is 0 Å². The second-order valence-corrected chi connectivity index (χ2v) is 11.6. The molecule has 1 unspecified atom stereocenters. The van der Waals surface area contributed by atoms with E-state index in [4.69, 9.17) is 10.2 Å². The zero-order valence-electron chi connectivity index (χ0n) is 21.8. The lowest BCUT2D eigenvalue weighted by Gasteiger charge is -2.36. The summed E-state index contributed by atoms with van der Waals surface area (Å²) >= 11 is 0. The van der Waals surface area contributed by atoms with Crippen molar-refractivity contribution in [1.29, 1.82) is 0 Å². The summed E-state index contributed by atoms with van der Waals surface area (Å²) in [5.41, 5.74) is 3.04. The molecule has 0 spiro atoms. The molecule has 1 aliphatic heterocycles. The molecule has 2 amide bonds. The molecule has 7 heteroatoms. The van der Waals surface area contributed by atoms with Crippen molar-refractivity contribution in [3.63, 3.8) is 0 Å². The standard InChI is InChI=1S/C28H39N5O2/c1-16(2)10-20-12-21(13-20)26-30-31-27(33(26)22-7-8-22)23-14-32(19(5)34)15-24(23)28(35)29-25-9-6-17(3)11-18(25)4/h6,9,11,16,20-24H,7-8,10,12-15H2,1-5H3,(H,29,35)/t20-,21+,23?,24-/m1/s1. The maximum atomic E-state index is 13.5. The van der Waals surface area contributed by atoms with Gasteiger partial charge in [-0.15, -0.1) is 10.2 Å². The molecule has 1 saturated heterocycles. The first kappa shape index (κ1) is 24.0. The number of amides is 2. The van der Waals surface area contributed by atoms with Crippen molar-refractivity contribution >= 4 is 17.5 Å². The van der Waals surface area contributed by atoms with Crippen LogP contribution in [0, 0.1) is 31.6 Å². The number of aryl methyl sites for hydroxylation is 2. The summed E-state index contributed by atoms with van der Waals surface area (Å²) in [4.78, 5) is 27.7. The summed E-state index contributed by atoms with van der Waals surface area (Å²) in [5.74, 6) is 3.46. The average molecular weight is 478 g/mol. The number of hydrogen-bond acceptors (Lipinski definition) is 4. The van der Waals surface area contributed by atoms with Gasteiger partial charge < -0.3 is 14.8 Å². The topological polar surface area (TPSA) is 80.1 Å². The van der Waals surface area contributed by atoms with Gasteiger partial charge in [0.05, 0.1) is 11.8 Å². The van der Waals surface area contributed by atoms with Crippen molar-refractivity contribution in [3.8, 4) is 0 Å². The molecule has 5 rings (SSSR count). The maximum Gasteiger partial charge on any atom is 0.230 e. The van der Waals surface area contributed by atoms with Crippen molar-refractivity contribution in [2.24, 2.45) is 17.8 Å². The van der Waals surface area contributed by atoms with Crippen LogP contribution in [0.15, 0.2) is 18.2 Å². The van der Waals surface area contributed by atoms with E-state index in [0.29, 0.717) is 25.0 Å². The number of carbonyl (C=O) groups excluding carboxylic acids is 2. The number of aromatic nitrogens is 3.